The average molecular weight is 863 g/mol. The molecule has 61 heavy (non-hydrogen) atoms. The minimum Gasteiger partial charge on any atom is -0.462 e. The maximum Gasteiger partial charge on any atom is 0.306 e. The summed E-state index contributed by atoms with van der Waals surface area (Å²) in [6, 6.07) is 0. The molecule has 0 bridgehead atoms. The first-order chi connectivity index (χ1) is 29.9. The van der Waals surface area contributed by atoms with E-state index in [9.17, 15) is 14.4 Å². The maximum atomic E-state index is 12.8. The highest BCUT2D eigenvalue weighted by Gasteiger charge is 2.19. The van der Waals surface area contributed by atoms with Crippen molar-refractivity contribution in [1.82, 2.24) is 0 Å². The molecule has 0 aromatic rings. The van der Waals surface area contributed by atoms with Crippen molar-refractivity contribution < 1.29 is 28.6 Å². The van der Waals surface area contributed by atoms with E-state index in [4.69, 9.17) is 14.2 Å². The SMILES string of the molecule is CCCCCCCCCCCCCCCCCCCCCC(=O)OC[C@H](COC(=O)CCCCCCC)OC(=O)CCCCCCCCCCCCCCCCCCC(C)C. The molecule has 0 N–H and O–H groups in total. The van der Waals surface area contributed by atoms with Gasteiger partial charge in [0, 0.05) is 19.3 Å². The van der Waals surface area contributed by atoms with Crippen molar-refractivity contribution in [2.45, 2.75) is 316 Å². The Kier molecular flexibility index (Phi) is 48.1. The molecule has 0 rings (SSSR count). The zero-order valence-electron chi connectivity index (χ0n) is 41.6. The first-order valence-electron chi connectivity index (χ1n) is 27.4. The van der Waals surface area contributed by atoms with Gasteiger partial charge in [0.05, 0.1) is 0 Å². The van der Waals surface area contributed by atoms with Gasteiger partial charge >= 0.3 is 17.9 Å². The van der Waals surface area contributed by atoms with Gasteiger partial charge in [0.2, 0.25) is 0 Å². The molecule has 0 unspecified atom stereocenters. The fourth-order valence-electron chi connectivity index (χ4n) is 8.39. The fraction of sp³-hybridized carbons (Fsp3) is 0.945. The molecule has 0 amide bonds. The van der Waals surface area contributed by atoms with Crippen LogP contribution in [0.1, 0.15) is 310 Å². The summed E-state index contributed by atoms with van der Waals surface area (Å²) < 4.78 is 16.7. The van der Waals surface area contributed by atoms with Gasteiger partial charge in [-0.15, -0.1) is 0 Å². The summed E-state index contributed by atoms with van der Waals surface area (Å²) in [7, 11) is 0. The number of ether oxygens (including phenoxy) is 3. The molecule has 0 saturated heterocycles. The largest absolute Gasteiger partial charge is 0.462 e. The highest BCUT2D eigenvalue weighted by atomic mass is 16.6. The summed E-state index contributed by atoms with van der Waals surface area (Å²) in [6.45, 7) is 8.98. The van der Waals surface area contributed by atoms with E-state index in [1.165, 1.54) is 199 Å². The predicted octanol–water partition coefficient (Wildman–Crippen LogP) is 17.8. The second kappa shape index (κ2) is 49.4. The molecule has 1 atom stereocenters. The van der Waals surface area contributed by atoms with Gasteiger partial charge in [0.25, 0.3) is 0 Å². The summed E-state index contributed by atoms with van der Waals surface area (Å²) in [5.41, 5.74) is 0. The minimum atomic E-state index is -0.759. The zero-order valence-corrected chi connectivity index (χ0v) is 41.6. The Morgan fingerprint density at radius 3 is 0.803 bits per heavy atom. The lowest BCUT2D eigenvalue weighted by molar-refractivity contribution is -0.167. The molecule has 6 heteroatoms. The van der Waals surface area contributed by atoms with E-state index in [1.807, 2.05) is 0 Å². The highest BCUT2D eigenvalue weighted by molar-refractivity contribution is 5.71. The van der Waals surface area contributed by atoms with Crippen LogP contribution in [0.2, 0.25) is 0 Å². The van der Waals surface area contributed by atoms with Crippen molar-refractivity contribution in [3.05, 3.63) is 0 Å². The monoisotopic (exact) mass is 863 g/mol. The van der Waals surface area contributed by atoms with Gasteiger partial charge in [-0.3, -0.25) is 14.4 Å². The van der Waals surface area contributed by atoms with Crippen LogP contribution in [0, 0.1) is 5.92 Å². The van der Waals surface area contributed by atoms with Crippen LogP contribution in [-0.2, 0) is 28.6 Å². The summed E-state index contributed by atoms with van der Waals surface area (Å²) in [4.78, 5) is 37.7. The van der Waals surface area contributed by atoms with Gasteiger partial charge in [-0.05, 0) is 25.2 Å². The summed E-state index contributed by atoms with van der Waals surface area (Å²) in [5, 5.41) is 0. The van der Waals surface area contributed by atoms with E-state index in [0.717, 1.165) is 70.1 Å². The molecule has 0 aliphatic heterocycles. The second-order valence-electron chi connectivity index (χ2n) is 19.3. The molecule has 0 radical (unpaired) electrons. The van der Waals surface area contributed by atoms with E-state index < -0.39 is 6.10 Å². The smallest absolute Gasteiger partial charge is 0.306 e. The zero-order chi connectivity index (χ0) is 44.5. The molecule has 0 heterocycles. The molecule has 0 spiro atoms. The van der Waals surface area contributed by atoms with Gasteiger partial charge in [0.15, 0.2) is 6.10 Å². The molecule has 0 aliphatic rings. The Labute approximate surface area is 380 Å². The molecule has 0 aromatic heterocycles. The molecule has 0 saturated carbocycles. The number of carbonyl (C=O) groups excluding carboxylic acids is 3. The fourth-order valence-corrected chi connectivity index (χ4v) is 8.39. The third-order valence-corrected chi connectivity index (χ3v) is 12.5. The number of esters is 3. The van der Waals surface area contributed by atoms with Crippen molar-refractivity contribution in [3.8, 4) is 0 Å². The van der Waals surface area contributed by atoms with Crippen LogP contribution in [0.25, 0.3) is 0 Å². The van der Waals surface area contributed by atoms with Crippen LogP contribution < -0.4 is 0 Å². The molecule has 0 fully saturated rings. The average Bonchev–Trinajstić information content (AvgIpc) is 3.24. The number of carbonyl (C=O) groups is 3. The van der Waals surface area contributed by atoms with Crippen molar-refractivity contribution in [2.75, 3.05) is 13.2 Å². The van der Waals surface area contributed by atoms with Gasteiger partial charge < -0.3 is 14.2 Å². The van der Waals surface area contributed by atoms with E-state index in [0.29, 0.717) is 19.3 Å². The van der Waals surface area contributed by atoms with Crippen molar-refractivity contribution >= 4 is 17.9 Å². The summed E-state index contributed by atoms with van der Waals surface area (Å²) >= 11 is 0. The number of hydrogen-bond donors (Lipinski definition) is 0. The van der Waals surface area contributed by atoms with E-state index in [-0.39, 0.29) is 31.1 Å². The Hall–Kier alpha value is -1.59. The molecule has 6 nitrogen and oxygen atoms in total. The predicted molar refractivity (Wildman–Crippen MR) is 261 cm³/mol. The minimum absolute atomic E-state index is 0.0634. The molecule has 0 aliphatic carbocycles. The lowest BCUT2D eigenvalue weighted by Gasteiger charge is -2.18. The normalized spacial score (nSPS) is 12.0. The lowest BCUT2D eigenvalue weighted by atomic mass is 10.0. The quantitative estimate of drug-likeness (QED) is 0.0344. The molecular weight excluding hydrogens is 757 g/mol. The highest BCUT2D eigenvalue weighted by Crippen LogP contribution is 2.18. The van der Waals surface area contributed by atoms with Crippen LogP contribution in [0.4, 0.5) is 0 Å². The Morgan fingerprint density at radius 2 is 0.541 bits per heavy atom. The number of rotatable bonds is 50. The van der Waals surface area contributed by atoms with Crippen molar-refractivity contribution in [2.24, 2.45) is 5.92 Å². The first-order valence-corrected chi connectivity index (χ1v) is 27.4. The van der Waals surface area contributed by atoms with E-state index in [1.54, 1.807) is 0 Å². The lowest BCUT2D eigenvalue weighted by Crippen LogP contribution is -2.30. The van der Waals surface area contributed by atoms with Gasteiger partial charge in [0.1, 0.15) is 13.2 Å². The van der Waals surface area contributed by atoms with Crippen LogP contribution >= 0.6 is 0 Å². The molecular formula is C55H106O6. The van der Waals surface area contributed by atoms with Gasteiger partial charge in [-0.2, -0.15) is 0 Å². The van der Waals surface area contributed by atoms with Crippen LogP contribution in [0.3, 0.4) is 0 Å². The van der Waals surface area contributed by atoms with Crippen molar-refractivity contribution in [1.29, 1.82) is 0 Å². The Morgan fingerprint density at radius 1 is 0.311 bits per heavy atom. The third-order valence-electron chi connectivity index (χ3n) is 12.5. The van der Waals surface area contributed by atoms with Crippen LogP contribution in [0.5, 0.6) is 0 Å². The summed E-state index contributed by atoms with van der Waals surface area (Å²) in [5.74, 6) is -0.00386. The first kappa shape index (κ1) is 59.4. The number of hydrogen-bond acceptors (Lipinski definition) is 6. The van der Waals surface area contributed by atoms with Crippen LogP contribution in [-0.4, -0.2) is 37.2 Å². The van der Waals surface area contributed by atoms with E-state index in [2.05, 4.69) is 27.7 Å². The maximum absolute atomic E-state index is 12.8. The Balaban J connectivity index is 4.06. The van der Waals surface area contributed by atoms with E-state index >= 15 is 0 Å². The van der Waals surface area contributed by atoms with Crippen LogP contribution in [0.15, 0.2) is 0 Å². The summed E-state index contributed by atoms with van der Waals surface area (Å²) in [6.07, 6.45) is 52.8. The Bertz CT molecular complexity index is 918. The second-order valence-corrected chi connectivity index (χ2v) is 19.3. The van der Waals surface area contributed by atoms with Gasteiger partial charge in [-0.25, -0.2) is 0 Å². The molecule has 0 aromatic carbocycles. The standard InChI is InChI=1S/C55H106O6/c1-5-7-9-11-12-13-14-15-16-17-18-19-23-26-29-32-35-39-43-47-54(57)60-50-52(49-59-53(56)46-42-37-10-8-6-2)61-55(58)48-44-40-36-33-30-27-24-21-20-22-25-28-31-34-38-41-45-51(3)4/h51-52H,5-50H2,1-4H3/t52-/m0/s1. The topological polar surface area (TPSA) is 78.9 Å². The number of unbranched alkanes of at least 4 members (excludes halogenated alkanes) is 37. The van der Waals surface area contributed by atoms with Crippen molar-refractivity contribution in [3.63, 3.8) is 0 Å². The molecule has 362 valence electrons. The van der Waals surface area contributed by atoms with Gasteiger partial charge in [-0.1, -0.05) is 272 Å². The third kappa shape index (κ3) is 49.3.